The molecule has 0 atom stereocenters. The van der Waals surface area contributed by atoms with E-state index in [4.69, 9.17) is 9.47 Å². The Morgan fingerprint density at radius 1 is 0.891 bits per heavy atom. The number of ether oxygens (including phenoxy) is 2. The van der Waals surface area contributed by atoms with Gasteiger partial charge in [0.05, 0.1) is 16.9 Å². The second-order valence-corrected chi connectivity index (χ2v) is 14.9. The number of carbonyl (C=O) groups is 4. The number of thiophene rings is 1. The Morgan fingerprint density at radius 2 is 1.59 bits per heavy atom. The van der Waals surface area contributed by atoms with E-state index in [-0.39, 0.29) is 17.9 Å². The summed E-state index contributed by atoms with van der Waals surface area (Å²) < 4.78 is 10.9. The summed E-state index contributed by atoms with van der Waals surface area (Å²) in [5.74, 6) is -0.285. The third-order valence-electron chi connectivity index (χ3n) is 7.79. The maximum Gasteiger partial charge on any atom is 0.412 e. The first-order valence-electron chi connectivity index (χ1n) is 15.5. The lowest BCUT2D eigenvalue weighted by atomic mass is 9.79. The van der Waals surface area contributed by atoms with Crippen LogP contribution in [0.4, 0.5) is 21.0 Å². The molecule has 2 aliphatic rings. The molecular formula is C35H42N4O6S. The van der Waals surface area contributed by atoms with Gasteiger partial charge in [0.15, 0.2) is 0 Å². The smallest absolute Gasteiger partial charge is 0.412 e. The molecule has 2 N–H and O–H groups in total. The zero-order chi connectivity index (χ0) is 33.3. The van der Waals surface area contributed by atoms with Crippen LogP contribution in [0.2, 0.25) is 0 Å². The number of rotatable bonds is 6. The van der Waals surface area contributed by atoms with Crippen LogP contribution in [-0.4, -0.2) is 63.6 Å². The lowest BCUT2D eigenvalue weighted by molar-refractivity contribution is -0.154. The molecule has 3 heterocycles. The first kappa shape index (κ1) is 33.0. The van der Waals surface area contributed by atoms with Crippen molar-refractivity contribution in [2.24, 2.45) is 0 Å². The number of hydrogen-bond donors (Lipinski definition) is 2. The molecule has 0 aliphatic carbocycles. The monoisotopic (exact) mass is 646 g/mol. The summed E-state index contributed by atoms with van der Waals surface area (Å²) in [5.41, 5.74) is 1.38. The highest BCUT2D eigenvalue weighted by Crippen LogP contribution is 2.39. The van der Waals surface area contributed by atoms with Gasteiger partial charge in [-0.25, -0.2) is 9.59 Å². The Labute approximate surface area is 274 Å². The number of nitrogens with one attached hydrogen (secondary N) is 2. The number of hydrogen-bond acceptors (Lipinski definition) is 7. The Hall–Kier alpha value is -4.38. The van der Waals surface area contributed by atoms with Crippen LogP contribution in [0.1, 0.15) is 76.7 Å². The van der Waals surface area contributed by atoms with Gasteiger partial charge < -0.3 is 24.6 Å². The summed E-state index contributed by atoms with van der Waals surface area (Å²) in [6.45, 7) is 12.1. The van der Waals surface area contributed by atoms with E-state index in [1.54, 1.807) is 55.2 Å². The van der Waals surface area contributed by atoms with E-state index in [0.717, 1.165) is 28.8 Å². The summed E-state index contributed by atoms with van der Waals surface area (Å²) in [5, 5.41) is 7.68. The van der Waals surface area contributed by atoms with E-state index < -0.39 is 22.8 Å². The van der Waals surface area contributed by atoms with E-state index >= 15 is 0 Å². The van der Waals surface area contributed by atoms with Crippen molar-refractivity contribution in [1.82, 2.24) is 9.80 Å². The Bertz CT molecular complexity index is 1600. The number of nitrogens with zero attached hydrogens (tertiary/aromatic N) is 2. The van der Waals surface area contributed by atoms with Crippen molar-refractivity contribution >= 4 is 46.7 Å². The summed E-state index contributed by atoms with van der Waals surface area (Å²) in [6.07, 6.45) is 1.09. The molecule has 2 aromatic carbocycles. The van der Waals surface area contributed by atoms with Crippen LogP contribution in [0.25, 0.3) is 10.4 Å². The normalized spacial score (nSPS) is 16.1. The van der Waals surface area contributed by atoms with Crippen LogP contribution >= 0.6 is 11.3 Å². The lowest BCUT2D eigenvalue weighted by Gasteiger charge is -2.57. The van der Waals surface area contributed by atoms with Crippen molar-refractivity contribution in [1.29, 1.82) is 0 Å². The number of amides is 4. The van der Waals surface area contributed by atoms with E-state index in [0.29, 0.717) is 43.0 Å². The van der Waals surface area contributed by atoms with Gasteiger partial charge in [-0.1, -0.05) is 24.3 Å². The van der Waals surface area contributed by atoms with Gasteiger partial charge in [-0.15, -0.1) is 11.3 Å². The number of benzene rings is 2. The van der Waals surface area contributed by atoms with E-state index in [2.05, 4.69) is 10.6 Å². The van der Waals surface area contributed by atoms with E-state index in [1.807, 2.05) is 67.4 Å². The highest BCUT2D eigenvalue weighted by Gasteiger charge is 2.53. The fourth-order valence-corrected chi connectivity index (χ4v) is 6.44. The lowest BCUT2D eigenvalue weighted by Crippen LogP contribution is -2.73. The SMILES string of the molecule is CC(C)(C)OC(=O)Nc1ccc(-c2cccs2)cc1NC(=O)c1ccc(CN2C(=O)CCCC23CN(C(=O)OC(C)(C)C)C3)cc1. The molecule has 0 bridgehead atoms. The average Bonchev–Trinajstić information content (AvgIpc) is 3.47. The minimum Gasteiger partial charge on any atom is -0.444 e. The molecule has 2 saturated heterocycles. The van der Waals surface area contributed by atoms with Crippen LogP contribution in [0, 0.1) is 0 Å². The maximum atomic E-state index is 13.4. The minimum absolute atomic E-state index is 0.0625. The van der Waals surface area contributed by atoms with Crippen LogP contribution in [0.15, 0.2) is 60.0 Å². The summed E-state index contributed by atoms with van der Waals surface area (Å²) in [4.78, 5) is 56.2. The third kappa shape index (κ3) is 7.88. The Kier molecular flexibility index (Phi) is 9.17. The standard InChI is InChI=1S/C35H42N4O6S/c1-33(2,3)44-31(42)37-26-16-15-25(28-9-8-18-46-28)19-27(26)36-30(41)24-13-11-23(12-14-24)20-39-29(40)10-7-17-35(39)21-38(22-35)32(43)45-34(4,5)6/h8-9,11-16,18-19H,7,10,17,20-22H2,1-6H3,(H,36,41)(H,37,42). The minimum atomic E-state index is -0.680. The molecule has 0 radical (unpaired) electrons. The summed E-state index contributed by atoms with van der Waals surface area (Å²) >= 11 is 1.57. The molecule has 2 fully saturated rings. The fraction of sp³-hybridized carbons (Fsp3) is 0.429. The molecular weight excluding hydrogens is 604 g/mol. The Morgan fingerprint density at radius 3 is 2.22 bits per heavy atom. The van der Waals surface area contributed by atoms with Crippen molar-refractivity contribution < 1.29 is 28.7 Å². The largest absolute Gasteiger partial charge is 0.444 e. The molecule has 46 heavy (non-hydrogen) atoms. The third-order valence-corrected chi connectivity index (χ3v) is 8.71. The van der Waals surface area contributed by atoms with Crippen molar-refractivity contribution in [3.63, 3.8) is 0 Å². The summed E-state index contributed by atoms with van der Waals surface area (Å²) in [6, 6.07) is 16.5. The van der Waals surface area contributed by atoms with Crippen molar-refractivity contribution in [2.75, 3.05) is 23.7 Å². The topological polar surface area (TPSA) is 117 Å². The zero-order valence-electron chi connectivity index (χ0n) is 27.3. The molecule has 3 aromatic rings. The molecule has 5 rings (SSSR count). The molecule has 2 aliphatic heterocycles. The number of anilines is 2. The van der Waals surface area contributed by atoms with Gasteiger partial charge in [0.25, 0.3) is 5.91 Å². The summed E-state index contributed by atoms with van der Waals surface area (Å²) in [7, 11) is 0. The van der Waals surface area contributed by atoms with Gasteiger partial charge in [-0.3, -0.25) is 14.9 Å². The van der Waals surface area contributed by atoms with Crippen molar-refractivity contribution in [3.8, 4) is 10.4 Å². The van der Waals surface area contributed by atoms with Crippen LogP contribution in [-0.2, 0) is 20.8 Å². The first-order valence-corrected chi connectivity index (χ1v) is 16.4. The van der Waals surface area contributed by atoms with Gasteiger partial charge in [0.2, 0.25) is 5.91 Å². The number of piperidine rings is 1. The van der Waals surface area contributed by atoms with Crippen molar-refractivity contribution in [2.45, 2.75) is 84.1 Å². The number of likely N-dealkylation sites (tertiary alicyclic amines) is 2. The second-order valence-electron chi connectivity index (χ2n) is 13.9. The van der Waals surface area contributed by atoms with Crippen molar-refractivity contribution in [3.05, 3.63) is 71.1 Å². The molecule has 0 saturated carbocycles. The highest BCUT2D eigenvalue weighted by atomic mass is 32.1. The second kappa shape index (κ2) is 12.8. The molecule has 1 spiro atoms. The molecule has 10 nitrogen and oxygen atoms in total. The van der Waals surface area contributed by atoms with Crippen LogP contribution in [0.5, 0.6) is 0 Å². The maximum absolute atomic E-state index is 13.4. The molecule has 1 aromatic heterocycles. The van der Waals surface area contributed by atoms with Crippen LogP contribution in [0.3, 0.4) is 0 Å². The van der Waals surface area contributed by atoms with Gasteiger partial charge in [0, 0.05) is 36.5 Å². The first-order chi connectivity index (χ1) is 21.6. The average molecular weight is 647 g/mol. The highest BCUT2D eigenvalue weighted by molar-refractivity contribution is 7.13. The van der Waals surface area contributed by atoms with Gasteiger partial charge in [-0.2, -0.15) is 0 Å². The predicted octanol–water partition coefficient (Wildman–Crippen LogP) is 7.52. The molecule has 11 heteroatoms. The molecule has 4 amide bonds. The van der Waals surface area contributed by atoms with Gasteiger partial charge in [-0.05, 0) is 101 Å². The Balaban J connectivity index is 1.28. The molecule has 0 unspecified atom stereocenters. The van der Waals surface area contributed by atoms with E-state index in [1.165, 1.54) is 0 Å². The van der Waals surface area contributed by atoms with Gasteiger partial charge in [0.1, 0.15) is 11.2 Å². The van der Waals surface area contributed by atoms with Crippen LogP contribution < -0.4 is 10.6 Å². The molecule has 244 valence electrons. The fourth-order valence-electron chi connectivity index (χ4n) is 5.71. The zero-order valence-corrected chi connectivity index (χ0v) is 28.1. The van der Waals surface area contributed by atoms with Gasteiger partial charge >= 0.3 is 12.2 Å². The predicted molar refractivity (Wildman–Crippen MR) is 179 cm³/mol. The quantitative estimate of drug-likeness (QED) is 0.286. The number of carbonyl (C=O) groups excluding carboxylic acids is 4. The van der Waals surface area contributed by atoms with E-state index in [9.17, 15) is 19.2 Å².